The third kappa shape index (κ3) is 3.72. The molecule has 1 aromatic heterocycles. The molecule has 2 heterocycles. The van der Waals surface area contributed by atoms with Crippen LogP contribution in [0.3, 0.4) is 0 Å². The van der Waals surface area contributed by atoms with Crippen LogP contribution in [0.2, 0.25) is 5.02 Å². The summed E-state index contributed by atoms with van der Waals surface area (Å²) in [6.45, 7) is 8.08. The summed E-state index contributed by atoms with van der Waals surface area (Å²) in [6.07, 6.45) is 2.52. The molecule has 0 bridgehead atoms. The van der Waals surface area contributed by atoms with Gasteiger partial charge in [0.15, 0.2) is 5.82 Å². The molecule has 2 aromatic carbocycles. The third-order valence-electron chi connectivity index (χ3n) is 6.05. The smallest absolute Gasteiger partial charge is 0.246 e. The van der Waals surface area contributed by atoms with Crippen molar-refractivity contribution >= 4 is 34.1 Å². The first kappa shape index (κ1) is 23.5. The maximum atomic E-state index is 15.7. The van der Waals surface area contributed by atoms with E-state index >= 15 is 4.39 Å². The fourth-order valence-corrected chi connectivity index (χ4v) is 4.99. The molecule has 34 heavy (non-hydrogen) atoms. The first-order chi connectivity index (χ1) is 16.2. The van der Waals surface area contributed by atoms with E-state index in [0.717, 1.165) is 6.07 Å². The molecule has 174 valence electrons. The lowest BCUT2D eigenvalue weighted by Gasteiger charge is -2.45. The molecule has 1 fully saturated rings. The summed E-state index contributed by atoms with van der Waals surface area (Å²) in [4.78, 5) is 20.0. The van der Waals surface area contributed by atoms with Crippen molar-refractivity contribution in [2.45, 2.75) is 25.9 Å². The second-order valence-electron chi connectivity index (χ2n) is 8.26. The van der Waals surface area contributed by atoms with Crippen molar-refractivity contribution in [3.05, 3.63) is 65.3 Å². The summed E-state index contributed by atoms with van der Waals surface area (Å²) in [6, 6.07) is 6.75. The molecular weight excluding hydrogens is 462 g/mol. The molecule has 4 rings (SSSR count). The molecule has 1 amide bonds. The van der Waals surface area contributed by atoms with Gasteiger partial charge in [-0.25, -0.2) is 8.78 Å². The molecule has 0 aliphatic carbocycles. The second kappa shape index (κ2) is 8.92. The molecule has 1 aliphatic heterocycles. The van der Waals surface area contributed by atoms with E-state index in [1.54, 1.807) is 4.90 Å². The molecule has 0 saturated carbocycles. The van der Waals surface area contributed by atoms with E-state index in [1.807, 2.05) is 18.7 Å². The van der Waals surface area contributed by atoms with Gasteiger partial charge in [-0.3, -0.25) is 9.78 Å². The number of carbonyl (C=O) groups excluding carboxylic acids is 1. The minimum atomic E-state index is -0.907. The summed E-state index contributed by atoms with van der Waals surface area (Å²) < 4.78 is 30.2. The van der Waals surface area contributed by atoms with E-state index in [0.29, 0.717) is 18.8 Å². The molecule has 6 nitrogen and oxygen atoms in total. The predicted molar refractivity (Wildman–Crippen MR) is 127 cm³/mol. The van der Waals surface area contributed by atoms with E-state index in [9.17, 15) is 19.6 Å². The zero-order valence-electron chi connectivity index (χ0n) is 18.5. The highest BCUT2D eigenvalue weighted by Gasteiger charge is 2.34. The molecule has 3 aromatic rings. The summed E-state index contributed by atoms with van der Waals surface area (Å²) >= 11 is 6.42. The van der Waals surface area contributed by atoms with Crippen LogP contribution in [-0.4, -0.2) is 46.1 Å². The van der Waals surface area contributed by atoms with E-state index in [2.05, 4.69) is 17.6 Å². The van der Waals surface area contributed by atoms with Gasteiger partial charge in [0.25, 0.3) is 0 Å². The van der Waals surface area contributed by atoms with E-state index in [-0.39, 0.29) is 50.6 Å². The van der Waals surface area contributed by atoms with Crippen molar-refractivity contribution in [1.29, 1.82) is 5.26 Å². The first-order valence-corrected chi connectivity index (χ1v) is 11.0. The largest absolute Gasteiger partial charge is 0.507 e. The molecule has 9 heteroatoms. The van der Waals surface area contributed by atoms with E-state index in [1.165, 1.54) is 30.5 Å². The number of anilines is 1. The van der Waals surface area contributed by atoms with Crippen LogP contribution in [0.15, 0.2) is 43.1 Å². The van der Waals surface area contributed by atoms with Crippen LogP contribution in [0.1, 0.15) is 19.4 Å². The maximum absolute atomic E-state index is 15.7. The fourth-order valence-electron chi connectivity index (χ4n) is 4.71. The Morgan fingerprint density at radius 1 is 1.29 bits per heavy atom. The highest BCUT2D eigenvalue weighted by atomic mass is 35.5. The highest BCUT2D eigenvalue weighted by Crippen LogP contribution is 2.43. The summed E-state index contributed by atoms with van der Waals surface area (Å²) in [5.41, 5.74) is -0.134. The topological polar surface area (TPSA) is 80.5 Å². The van der Waals surface area contributed by atoms with Crippen LogP contribution in [0.5, 0.6) is 5.75 Å². The number of nitrogens with zero attached hydrogens (tertiary/aromatic N) is 4. The van der Waals surface area contributed by atoms with Crippen molar-refractivity contribution in [1.82, 2.24) is 9.88 Å². The SMILES string of the molecule is C=CC(=O)N1[C@H](C)CN(c2c(C#N)cnc3c(F)c(-c4c(O)cccc4F)c(Cl)cc23)C[C@@H]1C. The van der Waals surface area contributed by atoms with E-state index in [4.69, 9.17) is 11.6 Å². The molecule has 0 spiro atoms. The Balaban J connectivity index is 1.92. The predicted octanol–water partition coefficient (Wildman–Crippen LogP) is 5.02. The summed E-state index contributed by atoms with van der Waals surface area (Å²) in [5.74, 6) is -2.39. The van der Waals surface area contributed by atoms with Crippen molar-refractivity contribution in [3.8, 4) is 22.9 Å². The molecule has 1 saturated heterocycles. The number of hydrogen-bond acceptors (Lipinski definition) is 5. The molecule has 1 aliphatic rings. The second-order valence-corrected chi connectivity index (χ2v) is 8.67. The fraction of sp³-hybridized carbons (Fsp3) is 0.240. The average Bonchev–Trinajstić information content (AvgIpc) is 2.79. The number of nitriles is 1. The minimum Gasteiger partial charge on any atom is -0.507 e. The molecule has 0 radical (unpaired) electrons. The number of amides is 1. The summed E-state index contributed by atoms with van der Waals surface area (Å²) in [7, 11) is 0. The zero-order chi connectivity index (χ0) is 24.7. The number of aromatic nitrogens is 1. The minimum absolute atomic E-state index is 0.110. The van der Waals surface area contributed by atoms with Crippen molar-refractivity contribution in [2.24, 2.45) is 0 Å². The lowest BCUT2D eigenvalue weighted by molar-refractivity contribution is -0.130. The Morgan fingerprint density at radius 2 is 1.97 bits per heavy atom. The lowest BCUT2D eigenvalue weighted by atomic mass is 9.98. The highest BCUT2D eigenvalue weighted by molar-refractivity contribution is 6.34. The molecular formula is C25H21ClF2N4O2. The van der Waals surface area contributed by atoms with Gasteiger partial charge in [0.05, 0.1) is 21.8 Å². The van der Waals surface area contributed by atoms with Gasteiger partial charge in [-0.1, -0.05) is 24.2 Å². The molecule has 0 unspecified atom stereocenters. The van der Waals surface area contributed by atoms with Gasteiger partial charge in [-0.05, 0) is 38.1 Å². The Bertz CT molecular complexity index is 1340. The number of aromatic hydroxyl groups is 1. The van der Waals surface area contributed by atoms with Crippen LogP contribution in [-0.2, 0) is 4.79 Å². The van der Waals surface area contributed by atoms with Crippen molar-refractivity contribution < 1.29 is 18.7 Å². The quantitative estimate of drug-likeness (QED) is 0.530. The number of halogens is 3. The number of hydrogen-bond donors (Lipinski definition) is 1. The van der Waals surface area contributed by atoms with Gasteiger partial charge < -0.3 is 14.9 Å². The number of rotatable bonds is 3. The van der Waals surface area contributed by atoms with Crippen LogP contribution in [0, 0.1) is 23.0 Å². The van der Waals surface area contributed by atoms with E-state index < -0.39 is 17.4 Å². The van der Waals surface area contributed by atoms with Crippen LogP contribution < -0.4 is 4.90 Å². The Kier molecular flexibility index (Phi) is 6.15. The number of phenolic OH excluding ortho intramolecular Hbond substituents is 1. The normalized spacial score (nSPS) is 18.1. The van der Waals surface area contributed by atoms with Gasteiger partial charge in [0, 0.05) is 42.3 Å². The molecule has 2 atom stereocenters. The Labute approximate surface area is 200 Å². The Hall–Kier alpha value is -3.70. The molecule has 1 N–H and O–H groups in total. The standard InChI is InChI=1S/C25H21ClF2N4O2/c1-4-20(34)32-13(2)11-31(12-14(32)3)25-15(9-29)10-30-24-16(25)8-17(26)21(23(24)28)22-18(27)6-5-7-19(22)33/h4-8,10,13-14,33H,1,11-12H2,2-3H3/t13-,14+. The van der Waals surface area contributed by atoms with Gasteiger partial charge in [-0.15, -0.1) is 0 Å². The first-order valence-electron chi connectivity index (χ1n) is 10.6. The Morgan fingerprint density at radius 3 is 2.56 bits per heavy atom. The number of fused-ring (bicyclic) bond motifs is 1. The van der Waals surface area contributed by atoms with Gasteiger partial charge in [0.2, 0.25) is 5.91 Å². The third-order valence-corrected chi connectivity index (χ3v) is 6.35. The van der Waals surface area contributed by atoms with Crippen LogP contribution in [0.4, 0.5) is 14.5 Å². The number of benzene rings is 2. The summed E-state index contributed by atoms with van der Waals surface area (Å²) in [5, 5.41) is 20.1. The monoisotopic (exact) mass is 482 g/mol. The number of phenols is 1. The zero-order valence-corrected chi connectivity index (χ0v) is 19.3. The number of carbonyl (C=O) groups is 1. The van der Waals surface area contributed by atoms with Crippen LogP contribution in [0.25, 0.3) is 22.0 Å². The van der Waals surface area contributed by atoms with Gasteiger partial charge in [-0.2, -0.15) is 5.26 Å². The van der Waals surface area contributed by atoms with Gasteiger partial charge >= 0.3 is 0 Å². The average molecular weight is 483 g/mol. The maximum Gasteiger partial charge on any atom is 0.246 e. The van der Waals surface area contributed by atoms with Crippen molar-refractivity contribution in [2.75, 3.05) is 18.0 Å². The number of piperazine rings is 1. The lowest BCUT2D eigenvalue weighted by Crippen LogP contribution is -2.58. The van der Waals surface area contributed by atoms with Crippen molar-refractivity contribution in [3.63, 3.8) is 0 Å². The van der Waals surface area contributed by atoms with Gasteiger partial charge in [0.1, 0.15) is 23.2 Å². The number of pyridine rings is 1. The van der Waals surface area contributed by atoms with Crippen LogP contribution >= 0.6 is 11.6 Å².